The number of aromatic nitrogens is 3. The van der Waals surface area contributed by atoms with E-state index >= 15 is 0 Å². The van der Waals surface area contributed by atoms with Crippen molar-refractivity contribution < 1.29 is 14.3 Å². The first kappa shape index (κ1) is 21.6. The molecule has 0 spiro atoms. The molecule has 0 aliphatic heterocycles. The standard InChI is InChI=1S/C26H30N4O3S/c1-30-23(28-25(31)26-11-15-6-16(12-26)8-17(7-15)13-26)10-19(29-30)24-27-20(14-34-24)18-4-5-21(32-2)22(9-18)33-3/h4-5,9-10,14-17H,6-8,11-13H2,1-3H3,(H,28,31). The molecule has 4 fully saturated rings. The smallest absolute Gasteiger partial charge is 0.231 e. The normalized spacial score (nSPS) is 27.1. The van der Waals surface area contributed by atoms with Crippen molar-refractivity contribution in [2.75, 3.05) is 19.5 Å². The Kier molecular flexibility index (Phi) is 5.17. The van der Waals surface area contributed by atoms with Gasteiger partial charge in [-0.05, 0) is 74.5 Å². The van der Waals surface area contributed by atoms with Crippen LogP contribution in [0, 0.1) is 23.2 Å². The highest BCUT2D eigenvalue weighted by molar-refractivity contribution is 7.13. The first-order chi connectivity index (χ1) is 16.5. The van der Waals surface area contributed by atoms with E-state index in [4.69, 9.17) is 14.5 Å². The Morgan fingerprint density at radius 3 is 2.35 bits per heavy atom. The summed E-state index contributed by atoms with van der Waals surface area (Å²) in [5.41, 5.74) is 2.39. The number of methoxy groups -OCH3 is 2. The molecule has 4 saturated carbocycles. The van der Waals surface area contributed by atoms with E-state index in [-0.39, 0.29) is 11.3 Å². The van der Waals surface area contributed by atoms with Gasteiger partial charge in [-0.25, -0.2) is 4.98 Å². The Hall–Kier alpha value is -2.87. The van der Waals surface area contributed by atoms with Crippen LogP contribution in [0.5, 0.6) is 11.5 Å². The molecule has 8 heteroatoms. The van der Waals surface area contributed by atoms with Gasteiger partial charge in [0.1, 0.15) is 16.5 Å². The Bertz CT molecular complexity index is 1210. The minimum absolute atomic E-state index is 0.180. The summed E-state index contributed by atoms with van der Waals surface area (Å²) in [6.07, 6.45) is 7.14. The van der Waals surface area contributed by atoms with Gasteiger partial charge in [0, 0.05) is 24.1 Å². The van der Waals surface area contributed by atoms with Gasteiger partial charge in [-0.2, -0.15) is 5.10 Å². The summed E-state index contributed by atoms with van der Waals surface area (Å²) in [5, 5.41) is 10.7. The summed E-state index contributed by atoms with van der Waals surface area (Å²) in [7, 11) is 5.13. The molecule has 178 valence electrons. The first-order valence-corrected chi connectivity index (χ1v) is 12.9. The molecule has 1 amide bonds. The first-order valence-electron chi connectivity index (χ1n) is 12.0. The van der Waals surface area contributed by atoms with Gasteiger partial charge in [-0.1, -0.05) is 0 Å². The van der Waals surface area contributed by atoms with E-state index in [1.165, 1.54) is 30.6 Å². The lowest BCUT2D eigenvalue weighted by Crippen LogP contribution is -2.51. The highest BCUT2D eigenvalue weighted by Crippen LogP contribution is 2.60. The average molecular weight is 479 g/mol. The number of nitrogens with zero attached hydrogens (tertiary/aromatic N) is 3. The van der Waals surface area contributed by atoms with Crippen LogP contribution in [0.4, 0.5) is 5.82 Å². The predicted molar refractivity (Wildman–Crippen MR) is 132 cm³/mol. The van der Waals surface area contributed by atoms with Gasteiger partial charge < -0.3 is 14.8 Å². The molecule has 1 N–H and O–H groups in total. The summed E-state index contributed by atoms with van der Waals surface area (Å²) in [4.78, 5) is 18.3. The highest BCUT2D eigenvalue weighted by atomic mass is 32.1. The van der Waals surface area contributed by atoms with E-state index < -0.39 is 0 Å². The van der Waals surface area contributed by atoms with Crippen LogP contribution in [0.2, 0.25) is 0 Å². The number of carbonyl (C=O) groups is 1. The van der Waals surface area contributed by atoms with E-state index in [1.54, 1.807) is 18.9 Å². The van der Waals surface area contributed by atoms with Crippen LogP contribution in [0.3, 0.4) is 0 Å². The third kappa shape index (κ3) is 3.59. The number of amides is 1. The van der Waals surface area contributed by atoms with Crippen molar-refractivity contribution in [3.05, 3.63) is 29.6 Å². The van der Waals surface area contributed by atoms with Gasteiger partial charge in [-0.15, -0.1) is 11.3 Å². The number of hydrogen-bond donors (Lipinski definition) is 1. The third-order valence-electron chi connectivity index (χ3n) is 8.04. The van der Waals surface area contributed by atoms with Crippen molar-refractivity contribution in [1.82, 2.24) is 14.8 Å². The van der Waals surface area contributed by atoms with Gasteiger partial charge in [0.25, 0.3) is 0 Å². The monoisotopic (exact) mass is 478 g/mol. The molecule has 7 nitrogen and oxygen atoms in total. The van der Waals surface area contributed by atoms with Crippen molar-refractivity contribution in [3.8, 4) is 33.5 Å². The minimum atomic E-state index is -0.180. The number of thiazole rings is 1. The molecule has 0 atom stereocenters. The van der Waals surface area contributed by atoms with Crippen LogP contribution in [0.25, 0.3) is 22.0 Å². The molecule has 34 heavy (non-hydrogen) atoms. The van der Waals surface area contributed by atoms with Crippen LogP contribution in [-0.2, 0) is 11.8 Å². The molecule has 2 aromatic heterocycles. The Labute approximate surface area is 203 Å². The van der Waals surface area contributed by atoms with Crippen LogP contribution in [0.1, 0.15) is 38.5 Å². The Morgan fingerprint density at radius 1 is 1.03 bits per heavy atom. The number of aryl methyl sites for hydroxylation is 1. The maximum absolute atomic E-state index is 13.5. The summed E-state index contributed by atoms with van der Waals surface area (Å²) < 4.78 is 12.5. The average Bonchev–Trinajstić information content (AvgIpc) is 3.45. The molecule has 1 aromatic carbocycles. The quantitative estimate of drug-likeness (QED) is 0.514. The highest BCUT2D eigenvalue weighted by Gasteiger charge is 2.54. The van der Waals surface area contributed by atoms with Gasteiger partial charge in [0.15, 0.2) is 11.5 Å². The number of benzene rings is 1. The fourth-order valence-corrected chi connectivity index (χ4v) is 7.63. The Balaban J connectivity index is 1.22. The van der Waals surface area contributed by atoms with Gasteiger partial charge >= 0.3 is 0 Å². The van der Waals surface area contributed by atoms with Gasteiger partial charge in [0.05, 0.1) is 25.3 Å². The van der Waals surface area contributed by atoms with E-state index in [1.807, 2.05) is 36.7 Å². The second kappa shape index (κ2) is 8.12. The molecule has 0 saturated heterocycles. The molecule has 4 aliphatic carbocycles. The van der Waals surface area contributed by atoms with Crippen molar-refractivity contribution in [3.63, 3.8) is 0 Å². The zero-order valence-corrected chi connectivity index (χ0v) is 20.7. The predicted octanol–water partition coefficient (Wildman–Crippen LogP) is 5.38. The van der Waals surface area contributed by atoms with Crippen LogP contribution < -0.4 is 14.8 Å². The molecule has 4 aliphatic rings. The molecular formula is C26H30N4O3S. The van der Waals surface area contributed by atoms with Crippen molar-refractivity contribution >= 4 is 23.1 Å². The largest absolute Gasteiger partial charge is 0.493 e. The van der Waals surface area contributed by atoms with Crippen LogP contribution in [-0.4, -0.2) is 34.9 Å². The zero-order chi connectivity index (χ0) is 23.4. The van der Waals surface area contributed by atoms with E-state index in [0.717, 1.165) is 64.8 Å². The summed E-state index contributed by atoms with van der Waals surface area (Å²) in [6, 6.07) is 7.71. The number of carbonyl (C=O) groups excluding carboxylic acids is 1. The summed E-state index contributed by atoms with van der Waals surface area (Å²) in [5.74, 6) is 4.50. The molecule has 7 rings (SSSR count). The number of hydrogen-bond acceptors (Lipinski definition) is 6. The number of nitrogens with one attached hydrogen (secondary N) is 1. The van der Waals surface area contributed by atoms with Gasteiger partial charge in [0.2, 0.25) is 5.91 Å². The molecule has 3 aromatic rings. The topological polar surface area (TPSA) is 78.3 Å². The minimum Gasteiger partial charge on any atom is -0.493 e. The molecule has 0 unspecified atom stereocenters. The molecule has 2 heterocycles. The second-order valence-corrected chi connectivity index (χ2v) is 11.2. The SMILES string of the molecule is COc1ccc(-c2csc(-c3cc(NC(=O)C45CC6CC(CC(C6)C4)C5)n(C)n3)n2)cc1OC. The summed E-state index contributed by atoms with van der Waals surface area (Å²) in [6.45, 7) is 0. The van der Waals surface area contributed by atoms with Crippen molar-refractivity contribution in [1.29, 1.82) is 0 Å². The Morgan fingerprint density at radius 2 is 1.71 bits per heavy atom. The number of rotatable bonds is 6. The maximum Gasteiger partial charge on any atom is 0.231 e. The maximum atomic E-state index is 13.5. The van der Waals surface area contributed by atoms with E-state index in [9.17, 15) is 4.79 Å². The second-order valence-electron chi connectivity index (χ2n) is 10.3. The zero-order valence-electron chi connectivity index (χ0n) is 19.8. The summed E-state index contributed by atoms with van der Waals surface area (Å²) >= 11 is 1.54. The lowest BCUT2D eigenvalue weighted by molar-refractivity contribution is -0.140. The third-order valence-corrected chi connectivity index (χ3v) is 8.91. The number of ether oxygens (including phenoxy) is 2. The van der Waals surface area contributed by atoms with Crippen molar-refractivity contribution in [2.24, 2.45) is 30.2 Å². The van der Waals surface area contributed by atoms with E-state index in [2.05, 4.69) is 10.4 Å². The van der Waals surface area contributed by atoms with Crippen molar-refractivity contribution in [2.45, 2.75) is 38.5 Å². The lowest BCUT2D eigenvalue weighted by atomic mass is 9.49. The fraction of sp³-hybridized carbons (Fsp3) is 0.500. The van der Waals surface area contributed by atoms with E-state index in [0.29, 0.717) is 11.5 Å². The van der Waals surface area contributed by atoms with Gasteiger partial charge in [-0.3, -0.25) is 9.48 Å². The van der Waals surface area contributed by atoms with Crippen LogP contribution in [0.15, 0.2) is 29.6 Å². The lowest BCUT2D eigenvalue weighted by Gasteiger charge is -2.55. The molecular weight excluding hydrogens is 448 g/mol. The molecule has 4 bridgehead atoms. The molecule has 0 radical (unpaired) electrons. The van der Waals surface area contributed by atoms with Crippen LogP contribution >= 0.6 is 11.3 Å². The fourth-order valence-electron chi connectivity index (χ4n) is 6.85. The number of anilines is 1.